The fraction of sp³-hybridized carbons (Fsp3) is 0.176. The van der Waals surface area contributed by atoms with Crippen LogP contribution in [0.5, 0.6) is 0 Å². The van der Waals surface area contributed by atoms with Gasteiger partial charge in [0.2, 0.25) is 0 Å². The van der Waals surface area contributed by atoms with E-state index in [2.05, 4.69) is 10.4 Å². The summed E-state index contributed by atoms with van der Waals surface area (Å²) in [7, 11) is 0. The number of benzene rings is 1. The van der Waals surface area contributed by atoms with Gasteiger partial charge in [0.1, 0.15) is 0 Å². The second-order valence-corrected chi connectivity index (χ2v) is 6.63. The molecule has 25 heavy (non-hydrogen) atoms. The molecule has 8 heteroatoms. The van der Waals surface area contributed by atoms with Crippen LogP contribution in [0, 0.1) is 24.0 Å². The Morgan fingerprint density at radius 1 is 1.32 bits per heavy atom. The molecule has 0 fully saturated rings. The number of carbonyl (C=O) groups is 1. The summed E-state index contributed by atoms with van der Waals surface area (Å²) in [6, 6.07) is 9.02. The molecular weight excluding hydrogens is 340 g/mol. The lowest BCUT2D eigenvalue weighted by Gasteiger charge is -2.08. The second kappa shape index (κ2) is 6.86. The molecule has 7 nitrogen and oxygen atoms in total. The summed E-state index contributed by atoms with van der Waals surface area (Å²) in [5, 5.41) is 19.3. The Labute approximate surface area is 148 Å². The molecule has 0 saturated heterocycles. The van der Waals surface area contributed by atoms with E-state index < -0.39 is 4.92 Å². The number of anilines is 1. The molecule has 3 rings (SSSR count). The van der Waals surface area contributed by atoms with Crippen LogP contribution in [-0.4, -0.2) is 20.6 Å². The number of carbonyl (C=O) groups excluding carboxylic acids is 1. The first-order chi connectivity index (χ1) is 11.9. The number of hydrogen-bond acceptors (Lipinski definition) is 5. The maximum absolute atomic E-state index is 12.4. The Morgan fingerprint density at radius 3 is 2.84 bits per heavy atom. The highest BCUT2D eigenvalue weighted by molar-refractivity contribution is 7.12. The number of aryl methyl sites for hydroxylation is 2. The fourth-order valence-corrected chi connectivity index (χ4v) is 3.15. The average molecular weight is 356 g/mol. The van der Waals surface area contributed by atoms with Crippen LogP contribution < -0.4 is 5.32 Å². The predicted octanol–water partition coefficient (Wildman–Crippen LogP) is 3.77. The zero-order valence-electron chi connectivity index (χ0n) is 13.7. The van der Waals surface area contributed by atoms with Crippen LogP contribution in [0.1, 0.15) is 26.4 Å². The topological polar surface area (TPSA) is 90.1 Å². The van der Waals surface area contributed by atoms with E-state index in [9.17, 15) is 14.9 Å². The van der Waals surface area contributed by atoms with E-state index >= 15 is 0 Å². The van der Waals surface area contributed by atoms with Crippen molar-refractivity contribution in [3.63, 3.8) is 0 Å². The highest BCUT2D eigenvalue weighted by Crippen LogP contribution is 2.21. The van der Waals surface area contributed by atoms with Crippen molar-refractivity contribution in [2.45, 2.75) is 20.4 Å². The number of nitro groups is 1. The van der Waals surface area contributed by atoms with Gasteiger partial charge in [-0.1, -0.05) is 12.1 Å². The molecule has 128 valence electrons. The van der Waals surface area contributed by atoms with Crippen molar-refractivity contribution >= 4 is 28.7 Å². The average Bonchev–Trinajstić information content (AvgIpc) is 3.21. The molecule has 0 aliphatic heterocycles. The van der Waals surface area contributed by atoms with E-state index in [0.717, 1.165) is 22.4 Å². The first-order valence-corrected chi connectivity index (χ1v) is 8.44. The molecule has 0 spiro atoms. The number of aromatic nitrogens is 2. The molecule has 0 aliphatic carbocycles. The zero-order chi connectivity index (χ0) is 18.0. The minimum atomic E-state index is -0.535. The Bertz CT molecular complexity index is 945. The lowest BCUT2D eigenvalue weighted by Crippen LogP contribution is -2.11. The van der Waals surface area contributed by atoms with Crippen LogP contribution in [0.25, 0.3) is 0 Å². The molecule has 0 unspecified atom stereocenters. The SMILES string of the molecule is Cc1ccc(C)c(NC(=O)c2cc(Cn3ccc([N+](=O)[O-])n3)cs2)c1. The van der Waals surface area contributed by atoms with E-state index in [1.165, 1.54) is 22.1 Å². The number of rotatable bonds is 5. The van der Waals surface area contributed by atoms with E-state index in [1.807, 2.05) is 37.4 Å². The van der Waals surface area contributed by atoms with Gasteiger partial charge in [-0.15, -0.1) is 11.3 Å². The first-order valence-electron chi connectivity index (χ1n) is 7.56. The molecule has 1 amide bonds. The van der Waals surface area contributed by atoms with Gasteiger partial charge in [-0.3, -0.25) is 4.79 Å². The molecule has 2 aromatic heterocycles. The van der Waals surface area contributed by atoms with Gasteiger partial charge in [-0.2, -0.15) is 4.68 Å². The molecule has 0 radical (unpaired) electrons. The highest BCUT2D eigenvalue weighted by atomic mass is 32.1. The Kier molecular flexibility index (Phi) is 4.62. The lowest BCUT2D eigenvalue weighted by atomic mass is 10.1. The minimum Gasteiger partial charge on any atom is -0.358 e. The van der Waals surface area contributed by atoms with Crippen LogP contribution in [-0.2, 0) is 6.54 Å². The van der Waals surface area contributed by atoms with Crippen LogP contribution in [0.15, 0.2) is 41.9 Å². The van der Waals surface area contributed by atoms with Crippen molar-refractivity contribution in [1.82, 2.24) is 9.78 Å². The third-order valence-electron chi connectivity index (χ3n) is 3.68. The second-order valence-electron chi connectivity index (χ2n) is 5.72. The zero-order valence-corrected chi connectivity index (χ0v) is 14.5. The van der Waals surface area contributed by atoms with Gasteiger partial charge in [-0.05, 0) is 53.0 Å². The molecule has 0 aliphatic rings. The van der Waals surface area contributed by atoms with Crippen molar-refractivity contribution in [3.8, 4) is 0 Å². The molecule has 2 heterocycles. The lowest BCUT2D eigenvalue weighted by molar-refractivity contribution is -0.389. The number of hydrogen-bond donors (Lipinski definition) is 1. The molecule has 0 saturated carbocycles. The quantitative estimate of drug-likeness (QED) is 0.556. The third kappa shape index (κ3) is 3.92. The Hall–Kier alpha value is -3.00. The standard InChI is InChI=1S/C17H16N4O3S/c1-11-3-4-12(2)14(7-11)18-17(22)15-8-13(10-25-15)9-20-6-5-16(19-20)21(23)24/h3-8,10H,9H2,1-2H3,(H,18,22). The largest absolute Gasteiger partial charge is 0.389 e. The predicted molar refractivity (Wildman–Crippen MR) is 96.2 cm³/mol. The van der Waals surface area contributed by atoms with Crippen LogP contribution in [0.2, 0.25) is 0 Å². The van der Waals surface area contributed by atoms with Gasteiger partial charge in [-0.25, -0.2) is 0 Å². The highest BCUT2D eigenvalue weighted by Gasteiger charge is 2.14. The molecular formula is C17H16N4O3S. The van der Waals surface area contributed by atoms with Gasteiger partial charge in [0, 0.05) is 5.69 Å². The summed E-state index contributed by atoms with van der Waals surface area (Å²) in [4.78, 5) is 23.1. The summed E-state index contributed by atoms with van der Waals surface area (Å²) < 4.78 is 1.48. The van der Waals surface area contributed by atoms with E-state index in [4.69, 9.17) is 0 Å². The summed E-state index contributed by atoms with van der Waals surface area (Å²) in [5.41, 5.74) is 3.74. The minimum absolute atomic E-state index is 0.170. The summed E-state index contributed by atoms with van der Waals surface area (Å²) >= 11 is 1.33. The van der Waals surface area contributed by atoms with Crippen molar-refractivity contribution in [2.75, 3.05) is 5.32 Å². The third-order valence-corrected chi connectivity index (χ3v) is 4.65. The van der Waals surface area contributed by atoms with Crippen LogP contribution in [0.4, 0.5) is 11.5 Å². The first kappa shape index (κ1) is 16.8. The Morgan fingerprint density at radius 2 is 2.12 bits per heavy atom. The van der Waals surface area contributed by atoms with Gasteiger partial charge in [0.25, 0.3) is 5.91 Å². The summed E-state index contributed by atoms with van der Waals surface area (Å²) in [5.74, 6) is -0.362. The van der Waals surface area contributed by atoms with Crippen molar-refractivity contribution in [2.24, 2.45) is 0 Å². The van der Waals surface area contributed by atoms with E-state index in [0.29, 0.717) is 11.4 Å². The number of nitrogens with one attached hydrogen (secondary N) is 1. The van der Waals surface area contributed by atoms with Gasteiger partial charge in [0.15, 0.2) is 0 Å². The van der Waals surface area contributed by atoms with E-state index in [1.54, 1.807) is 12.3 Å². The van der Waals surface area contributed by atoms with Crippen molar-refractivity contribution < 1.29 is 9.72 Å². The van der Waals surface area contributed by atoms with Gasteiger partial charge < -0.3 is 15.4 Å². The number of thiophene rings is 1. The summed E-state index contributed by atoms with van der Waals surface area (Å²) in [6.07, 6.45) is 1.55. The van der Waals surface area contributed by atoms with E-state index in [-0.39, 0.29) is 11.7 Å². The Balaban J connectivity index is 1.70. The number of amides is 1. The van der Waals surface area contributed by atoms with Gasteiger partial charge >= 0.3 is 5.82 Å². The maximum Gasteiger partial charge on any atom is 0.389 e. The monoisotopic (exact) mass is 356 g/mol. The van der Waals surface area contributed by atoms with Crippen molar-refractivity contribution in [1.29, 1.82) is 0 Å². The maximum atomic E-state index is 12.4. The van der Waals surface area contributed by atoms with Crippen LogP contribution >= 0.6 is 11.3 Å². The summed E-state index contributed by atoms with van der Waals surface area (Å²) in [6.45, 7) is 4.29. The molecule has 0 bridgehead atoms. The fourth-order valence-electron chi connectivity index (χ4n) is 2.36. The smallest absolute Gasteiger partial charge is 0.358 e. The molecule has 3 aromatic rings. The molecule has 1 N–H and O–H groups in total. The molecule has 0 atom stereocenters. The normalized spacial score (nSPS) is 10.6. The van der Waals surface area contributed by atoms with Crippen LogP contribution in [0.3, 0.4) is 0 Å². The van der Waals surface area contributed by atoms with Crippen molar-refractivity contribution in [3.05, 3.63) is 73.6 Å². The number of nitrogens with zero attached hydrogens (tertiary/aromatic N) is 3. The van der Waals surface area contributed by atoms with Gasteiger partial charge in [0.05, 0.1) is 28.8 Å². The molecule has 1 aromatic carbocycles.